The Morgan fingerprint density at radius 3 is 2.33 bits per heavy atom. The third kappa shape index (κ3) is 7.28. The summed E-state index contributed by atoms with van der Waals surface area (Å²) in [6, 6.07) is 0.808. The molecule has 1 saturated carbocycles. The van der Waals surface area contributed by atoms with Crippen molar-refractivity contribution in [3.63, 3.8) is 0 Å². The summed E-state index contributed by atoms with van der Waals surface area (Å²) in [5.41, 5.74) is 5.66. The Balaban J connectivity index is 2.53. The Hall–Kier alpha value is -0.610. The quantitative estimate of drug-likeness (QED) is 0.677. The molecule has 1 fully saturated rings. The van der Waals surface area contributed by atoms with E-state index >= 15 is 0 Å². The molecule has 0 aromatic heterocycles. The lowest BCUT2D eigenvalue weighted by Crippen LogP contribution is -2.46. The Kier molecular flexibility index (Phi) is 8.93. The first-order chi connectivity index (χ1) is 10.0. The molecule has 0 bridgehead atoms. The fourth-order valence-electron chi connectivity index (χ4n) is 2.96. The molecule has 4 heteroatoms. The van der Waals surface area contributed by atoms with Crippen molar-refractivity contribution >= 4 is 5.91 Å². The van der Waals surface area contributed by atoms with Gasteiger partial charge in [0.2, 0.25) is 5.91 Å². The maximum Gasteiger partial charge on any atom is 0.234 e. The van der Waals surface area contributed by atoms with Crippen LogP contribution < -0.4 is 11.1 Å². The largest absolute Gasteiger partial charge is 0.352 e. The van der Waals surface area contributed by atoms with Gasteiger partial charge in [0.15, 0.2) is 0 Å². The summed E-state index contributed by atoms with van der Waals surface area (Å²) in [5.74, 6) is 0.641. The maximum absolute atomic E-state index is 12.3. The minimum Gasteiger partial charge on any atom is -0.352 e. The number of hydrogen-bond acceptors (Lipinski definition) is 3. The van der Waals surface area contributed by atoms with Gasteiger partial charge in [0, 0.05) is 18.6 Å². The average Bonchev–Trinajstić information content (AvgIpc) is 2.72. The van der Waals surface area contributed by atoms with Gasteiger partial charge in [-0.15, -0.1) is 0 Å². The Labute approximate surface area is 130 Å². The highest BCUT2D eigenvalue weighted by Crippen LogP contribution is 2.22. The summed E-state index contributed by atoms with van der Waals surface area (Å²) in [7, 11) is 0. The van der Waals surface area contributed by atoms with E-state index in [9.17, 15) is 4.79 Å². The highest BCUT2D eigenvalue weighted by molar-refractivity contribution is 5.78. The third-order valence-electron chi connectivity index (χ3n) is 4.73. The zero-order chi connectivity index (χ0) is 15.7. The minimum atomic E-state index is 0.164. The van der Waals surface area contributed by atoms with Crippen LogP contribution >= 0.6 is 0 Å². The van der Waals surface area contributed by atoms with Gasteiger partial charge >= 0.3 is 0 Å². The van der Waals surface area contributed by atoms with Crippen LogP contribution in [0.5, 0.6) is 0 Å². The fraction of sp³-hybridized carbons (Fsp3) is 0.941. The second-order valence-corrected chi connectivity index (χ2v) is 6.86. The monoisotopic (exact) mass is 297 g/mol. The molecular weight excluding hydrogens is 262 g/mol. The summed E-state index contributed by atoms with van der Waals surface area (Å²) in [6.45, 7) is 8.54. The first-order valence-corrected chi connectivity index (χ1v) is 8.78. The fourth-order valence-corrected chi connectivity index (χ4v) is 2.96. The van der Waals surface area contributed by atoms with Crippen LogP contribution in [0.15, 0.2) is 0 Å². The first-order valence-electron chi connectivity index (χ1n) is 8.78. The lowest BCUT2D eigenvalue weighted by Gasteiger charge is -2.31. The van der Waals surface area contributed by atoms with E-state index in [0.29, 0.717) is 25.0 Å². The van der Waals surface area contributed by atoms with E-state index in [0.717, 1.165) is 13.0 Å². The van der Waals surface area contributed by atoms with Gasteiger partial charge in [-0.05, 0) is 38.6 Å². The number of nitrogens with zero attached hydrogens (tertiary/aromatic N) is 1. The Morgan fingerprint density at radius 2 is 1.81 bits per heavy atom. The number of rotatable bonds is 8. The molecule has 1 aliphatic carbocycles. The topological polar surface area (TPSA) is 58.4 Å². The molecule has 1 atom stereocenters. The van der Waals surface area contributed by atoms with Gasteiger partial charge in [0.05, 0.1) is 6.54 Å². The number of hydrogen-bond donors (Lipinski definition) is 2. The molecule has 1 rings (SSSR count). The van der Waals surface area contributed by atoms with Crippen LogP contribution in [0, 0.1) is 5.92 Å². The van der Waals surface area contributed by atoms with Gasteiger partial charge in [0.25, 0.3) is 0 Å². The van der Waals surface area contributed by atoms with Crippen molar-refractivity contribution in [2.24, 2.45) is 11.7 Å². The molecule has 21 heavy (non-hydrogen) atoms. The summed E-state index contributed by atoms with van der Waals surface area (Å²) >= 11 is 0. The standard InChI is InChI=1S/C17H35N3O/c1-14(2)15(3)19-17(21)13-20(12-8-11-18)16-9-6-4-5-7-10-16/h14-16H,4-13,18H2,1-3H3,(H,19,21). The lowest BCUT2D eigenvalue weighted by molar-refractivity contribution is -0.123. The van der Waals surface area contributed by atoms with E-state index in [1.807, 2.05) is 0 Å². The van der Waals surface area contributed by atoms with Crippen LogP contribution in [0.4, 0.5) is 0 Å². The van der Waals surface area contributed by atoms with Crippen molar-refractivity contribution in [2.75, 3.05) is 19.6 Å². The van der Waals surface area contributed by atoms with E-state index in [2.05, 4.69) is 31.0 Å². The molecule has 1 unspecified atom stereocenters. The predicted octanol–water partition coefficient (Wildman–Crippen LogP) is 2.52. The summed E-state index contributed by atoms with van der Waals surface area (Å²) < 4.78 is 0. The van der Waals surface area contributed by atoms with Crippen molar-refractivity contribution in [3.8, 4) is 0 Å². The second kappa shape index (κ2) is 10.2. The van der Waals surface area contributed by atoms with Crippen LogP contribution in [-0.4, -0.2) is 42.5 Å². The number of nitrogens with one attached hydrogen (secondary N) is 1. The molecule has 0 spiro atoms. The van der Waals surface area contributed by atoms with E-state index in [4.69, 9.17) is 5.73 Å². The number of nitrogens with two attached hydrogens (primary N) is 1. The van der Waals surface area contributed by atoms with Crippen molar-refractivity contribution in [1.29, 1.82) is 0 Å². The molecule has 3 N–H and O–H groups in total. The molecule has 124 valence electrons. The van der Waals surface area contributed by atoms with Crippen LogP contribution in [0.2, 0.25) is 0 Å². The second-order valence-electron chi connectivity index (χ2n) is 6.86. The van der Waals surface area contributed by atoms with Gasteiger partial charge in [-0.25, -0.2) is 0 Å². The zero-order valence-electron chi connectivity index (χ0n) is 14.2. The lowest BCUT2D eigenvalue weighted by atomic mass is 10.1. The zero-order valence-corrected chi connectivity index (χ0v) is 14.2. The minimum absolute atomic E-state index is 0.164. The van der Waals surface area contributed by atoms with Crippen molar-refractivity contribution < 1.29 is 4.79 Å². The van der Waals surface area contributed by atoms with E-state index in [1.165, 1.54) is 38.5 Å². The molecule has 4 nitrogen and oxygen atoms in total. The molecule has 0 aliphatic heterocycles. The third-order valence-corrected chi connectivity index (χ3v) is 4.73. The van der Waals surface area contributed by atoms with E-state index < -0.39 is 0 Å². The molecule has 0 heterocycles. The first kappa shape index (κ1) is 18.4. The van der Waals surface area contributed by atoms with Gasteiger partial charge in [-0.3, -0.25) is 9.69 Å². The van der Waals surface area contributed by atoms with Crippen molar-refractivity contribution in [1.82, 2.24) is 10.2 Å². The maximum atomic E-state index is 12.3. The summed E-state index contributed by atoms with van der Waals surface area (Å²) in [5, 5.41) is 3.13. The SMILES string of the molecule is CC(C)C(C)NC(=O)CN(CCCN)C1CCCCCC1. The van der Waals surface area contributed by atoms with Crippen LogP contribution in [0.25, 0.3) is 0 Å². The molecule has 1 aliphatic rings. The van der Waals surface area contributed by atoms with Crippen LogP contribution in [0.1, 0.15) is 65.7 Å². The van der Waals surface area contributed by atoms with Crippen LogP contribution in [-0.2, 0) is 4.79 Å². The summed E-state index contributed by atoms with van der Waals surface area (Å²) in [6.07, 6.45) is 8.73. The normalized spacial score (nSPS) is 18.8. The molecule has 1 amide bonds. The van der Waals surface area contributed by atoms with Crippen molar-refractivity contribution in [3.05, 3.63) is 0 Å². The number of carbonyl (C=O) groups is 1. The summed E-state index contributed by atoms with van der Waals surface area (Å²) in [4.78, 5) is 14.7. The Morgan fingerprint density at radius 1 is 1.19 bits per heavy atom. The van der Waals surface area contributed by atoms with Crippen molar-refractivity contribution in [2.45, 2.75) is 77.8 Å². The molecule has 0 aromatic rings. The van der Waals surface area contributed by atoms with Gasteiger partial charge in [-0.2, -0.15) is 0 Å². The highest BCUT2D eigenvalue weighted by atomic mass is 16.2. The van der Waals surface area contributed by atoms with Crippen LogP contribution in [0.3, 0.4) is 0 Å². The van der Waals surface area contributed by atoms with E-state index in [-0.39, 0.29) is 11.9 Å². The molecule has 0 aromatic carbocycles. The van der Waals surface area contributed by atoms with Gasteiger partial charge < -0.3 is 11.1 Å². The number of carbonyl (C=O) groups excluding carboxylic acids is 1. The van der Waals surface area contributed by atoms with Gasteiger partial charge in [0.1, 0.15) is 0 Å². The van der Waals surface area contributed by atoms with E-state index in [1.54, 1.807) is 0 Å². The van der Waals surface area contributed by atoms with Gasteiger partial charge in [-0.1, -0.05) is 39.5 Å². The smallest absolute Gasteiger partial charge is 0.234 e. The predicted molar refractivity (Wildman–Crippen MR) is 89.2 cm³/mol. The highest BCUT2D eigenvalue weighted by Gasteiger charge is 2.22. The molecular formula is C17H35N3O. The molecule has 0 radical (unpaired) electrons. The molecule has 0 saturated heterocycles. The average molecular weight is 297 g/mol. The Bertz CT molecular complexity index is 286. The number of amides is 1.